The Morgan fingerprint density at radius 1 is 0.870 bits per heavy atom. The largest absolute Gasteiger partial charge is 0.354 e. The van der Waals surface area contributed by atoms with Gasteiger partial charge < -0.3 is 10.2 Å². The molecule has 0 aliphatic carbocycles. The first-order valence-corrected chi connectivity index (χ1v) is 17.0. The minimum Gasteiger partial charge on any atom is -0.354 e. The van der Waals surface area contributed by atoms with E-state index in [1.54, 1.807) is 18.2 Å². The fourth-order valence-corrected chi connectivity index (χ4v) is 6.70. The molecule has 0 fully saturated rings. The molecule has 4 aromatic rings. The second kappa shape index (κ2) is 15.6. The maximum absolute atomic E-state index is 15.0. The summed E-state index contributed by atoms with van der Waals surface area (Å²) >= 11 is 12.8. The molecule has 7 nitrogen and oxygen atoms in total. The van der Waals surface area contributed by atoms with E-state index in [2.05, 4.69) is 5.32 Å². The molecule has 0 heterocycles. The first-order valence-electron chi connectivity index (χ1n) is 14.8. The van der Waals surface area contributed by atoms with E-state index < -0.39 is 40.2 Å². The third kappa shape index (κ3) is 8.66. The number of hydrogen-bond donors (Lipinski definition) is 1. The van der Waals surface area contributed by atoms with Crippen LogP contribution in [0.15, 0.2) is 102 Å². The maximum Gasteiger partial charge on any atom is 0.264 e. The summed E-state index contributed by atoms with van der Waals surface area (Å²) in [5, 5.41) is 2.93. The first-order chi connectivity index (χ1) is 21.9. The number of sulfonamides is 1. The van der Waals surface area contributed by atoms with Gasteiger partial charge in [-0.15, -0.1) is 0 Å². The van der Waals surface area contributed by atoms with E-state index in [4.69, 9.17) is 23.2 Å². The van der Waals surface area contributed by atoms with Gasteiger partial charge >= 0.3 is 0 Å². The van der Waals surface area contributed by atoms with Crippen molar-refractivity contribution in [3.05, 3.63) is 130 Å². The number of aryl methyl sites for hydroxylation is 1. The molecule has 0 bridgehead atoms. The van der Waals surface area contributed by atoms with Crippen molar-refractivity contribution in [2.45, 2.75) is 44.7 Å². The number of nitrogens with zero attached hydrogens (tertiary/aromatic N) is 2. The predicted molar refractivity (Wildman–Crippen MR) is 181 cm³/mol. The molecule has 4 rings (SSSR count). The van der Waals surface area contributed by atoms with Crippen LogP contribution in [0.5, 0.6) is 0 Å². The lowest BCUT2D eigenvalue weighted by atomic mass is 10.0. The molecule has 0 saturated carbocycles. The topological polar surface area (TPSA) is 86.8 Å². The maximum atomic E-state index is 15.0. The fraction of sp³-hybridized carbons (Fsp3) is 0.257. The van der Waals surface area contributed by atoms with Gasteiger partial charge in [-0.25, -0.2) is 12.8 Å². The molecule has 46 heavy (non-hydrogen) atoms. The van der Waals surface area contributed by atoms with Crippen LogP contribution in [0.1, 0.15) is 30.5 Å². The van der Waals surface area contributed by atoms with Crippen molar-refractivity contribution in [1.29, 1.82) is 0 Å². The van der Waals surface area contributed by atoms with Crippen molar-refractivity contribution in [3.63, 3.8) is 0 Å². The van der Waals surface area contributed by atoms with E-state index in [-0.39, 0.29) is 45.1 Å². The van der Waals surface area contributed by atoms with E-state index in [1.165, 1.54) is 53.4 Å². The van der Waals surface area contributed by atoms with Gasteiger partial charge in [0.1, 0.15) is 18.4 Å². The standard InChI is InChI=1S/C35H36Cl2FN3O4S/c1-24(2)21-39-35(43)32(20-26-10-5-4-6-11-26)40(22-27-12-7-8-14-30(27)38)33(42)23-41(31-15-9-13-29(36)34(31)37)46(44,45)28-18-16-25(3)17-19-28/h4-19,24,32H,20-23H2,1-3H3,(H,39,43)/t32-/m0/s1. The predicted octanol–water partition coefficient (Wildman–Crippen LogP) is 7.05. The summed E-state index contributed by atoms with van der Waals surface area (Å²) in [4.78, 5) is 29.5. The fourth-order valence-electron chi connectivity index (χ4n) is 4.82. The van der Waals surface area contributed by atoms with Crippen molar-refractivity contribution in [2.75, 3.05) is 17.4 Å². The number of amides is 2. The molecule has 0 aliphatic heterocycles. The molecule has 11 heteroatoms. The SMILES string of the molecule is Cc1ccc(S(=O)(=O)N(CC(=O)N(Cc2ccccc2F)[C@@H](Cc2ccccc2)C(=O)NCC(C)C)c2cccc(Cl)c2Cl)cc1. The summed E-state index contributed by atoms with van der Waals surface area (Å²) in [6.45, 7) is 5.02. The van der Waals surface area contributed by atoms with E-state index in [0.717, 1.165) is 15.4 Å². The van der Waals surface area contributed by atoms with Crippen LogP contribution in [-0.4, -0.2) is 44.3 Å². The summed E-state index contributed by atoms with van der Waals surface area (Å²) < 4.78 is 44.3. The molecule has 2 amide bonds. The molecule has 4 aromatic carbocycles. The van der Waals surface area contributed by atoms with E-state index in [9.17, 15) is 18.0 Å². The van der Waals surface area contributed by atoms with Crippen LogP contribution in [0.3, 0.4) is 0 Å². The van der Waals surface area contributed by atoms with Gasteiger partial charge in [-0.05, 0) is 48.7 Å². The Bertz CT molecular complexity index is 1770. The van der Waals surface area contributed by atoms with E-state index in [1.807, 2.05) is 51.1 Å². The highest BCUT2D eigenvalue weighted by molar-refractivity contribution is 7.92. The van der Waals surface area contributed by atoms with Gasteiger partial charge in [0.25, 0.3) is 10.0 Å². The molecule has 1 N–H and O–H groups in total. The van der Waals surface area contributed by atoms with Crippen LogP contribution in [0.4, 0.5) is 10.1 Å². The van der Waals surface area contributed by atoms with Gasteiger partial charge in [-0.3, -0.25) is 13.9 Å². The van der Waals surface area contributed by atoms with Crippen LogP contribution in [0, 0.1) is 18.7 Å². The number of anilines is 1. The summed E-state index contributed by atoms with van der Waals surface area (Å²) in [5.41, 5.74) is 1.76. The van der Waals surface area contributed by atoms with Crippen molar-refractivity contribution >= 4 is 50.7 Å². The van der Waals surface area contributed by atoms with Gasteiger partial charge in [-0.1, -0.05) is 109 Å². The van der Waals surface area contributed by atoms with Crippen molar-refractivity contribution in [1.82, 2.24) is 10.2 Å². The van der Waals surface area contributed by atoms with Gasteiger partial charge in [0.2, 0.25) is 11.8 Å². The minimum absolute atomic E-state index is 0.0159. The Morgan fingerprint density at radius 3 is 2.17 bits per heavy atom. The number of carbonyl (C=O) groups is 2. The highest BCUT2D eigenvalue weighted by Gasteiger charge is 2.35. The first kappa shape index (κ1) is 34.9. The van der Waals surface area contributed by atoms with E-state index >= 15 is 4.39 Å². The van der Waals surface area contributed by atoms with Crippen molar-refractivity contribution in [3.8, 4) is 0 Å². The average molecular weight is 685 g/mol. The highest BCUT2D eigenvalue weighted by atomic mass is 35.5. The summed E-state index contributed by atoms with van der Waals surface area (Å²) in [6.07, 6.45) is 0.105. The van der Waals surface area contributed by atoms with Crippen LogP contribution >= 0.6 is 23.2 Å². The van der Waals surface area contributed by atoms with Gasteiger partial charge in [0, 0.05) is 25.1 Å². The molecule has 0 unspecified atom stereocenters. The minimum atomic E-state index is -4.38. The molecule has 0 radical (unpaired) electrons. The van der Waals surface area contributed by atoms with Crippen LogP contribution < -0.4 is 9.62 Å². The normalized spacial score (nSPS) is 12.1. The van der Waals surface area contributed by atoms with Crippen LogP contribution in [-0.2, 0) is 32.6 Å². The van der Waals surface area contributed by atoms with E-state index in [0.29, 0.717) is 6.54 Å². The Balaban J connectivity index is 1.84. The molecule has 0 aliphatic rings. The Hall–Kier alpha value is -3.92. The van der Waals surface area contributed by atoms with Gasteiger partial charge in [0.15, 0.2) is 0 Å². The molecule has 1 atom stereocenters. The monoisotopic (exact) mass is 683 g/mol. The number of carbonyl (C=O) groups excluding carboxylic acids is 2. The summed E-state index contributed by atoms with van der Waals surface area (Å²) in [5.74, 6) is -1.63. The van der Waals surface area contributed by atoms with Gasteiger partial charge in [0.05, 0.1) is 20.6 Å². The number of nitrogens with one attached hydrogen (secondary N) is 1. The second-order valence-corrected chi connectivity index (χ2v) is 14.0. The smallest absolute Gasteiger partial charge is 0.264 e. The lowest BCUT2D eigenvalue weighted by Crippen LogP contribution is -2.54. The van der Waals surface area contributed by atoms with Crippen LogP contribution in [0.2, 0.25) is 10.0 Å². The zero-order valence-corrected chi connectivity index (χ0v) is 28.1. The summed E-state index contributed by atoms with van der Waals surface area (Å²) in [6, 6.07) is 24.6. The molecule has 0 saturated heterocycles. The molecular formula is C35H36Cl2FN3O4S. The quantitative estimate of drug-likeness (QED) is 0.164. The lowest BCUT2D eigenvalue weighted by molar-refractivity contribution is -0.140. The zero-order chi connectivity index (χ0) is 33.4. The average Bonchev–Trinajstić information content (AvgIpc) is 3.03. The number of hydrogen-bond acceptors (Lipinski definition) is 4. The van der Waals surface area contributed by atoms with Crippen LogP contribution in [0.25, 0.3) is 0 Å². The van der Waals surface area contributed by atoms with Crippen molar-refractivity contribution < 1.29 is 22.4 Å². The zero-order valence-electron chi connectivity index (χ0n) is 25.8. The third-order valence-electron chi connectivity index (χ3n) is 7.34. The Morgan fingerprint density at radius 2 is 1.52 bits per heavy atom. The van der Waals surface area contributed by atoms with Gasteiger partial charge in [-0.2, -0.15) is 0 Å². The molecular weight excluding hydrogens is 648 g/mol. The molecule has 0 spiro atoms. The molecule has 242 valence electrons. The second-order valence-electron chi connectivity index (χ2n) is 11.4. The number of rotatable bonds is 13. The lowest BCUT2D eigenvalue weighted by Gasteiger charge is -2.34. The summed E-state index contributed by atoms with van der Waals surface area (Å²) in [7, 11) is -4.38. The molecule has 0 aromatic heterocycles. The Labute approximate surface area is 280 Å². The van der Waals surface area contributed by atoms with Crippen molar-refractivity contribution in [2.24, 2.45) is 5.92 Å². The number of benzene rings is 4. The number of halogens is 3. The highest BCUT2D eigenvalue weighted by Crippen LogP contribution is 2.35. The Kier molecular flexibility index (Phi) is 11.8. The third-order valence-corrected chi connectivity index (χ3v) is 9.92.